The zero-order chi connectivity index (χ0) is 54.3. The van der Waals surface area contributed by atoms with Gasteiger partial charge in [-0.05, 0) is 83.5 Å². The molecular weight excluding hydrogens is 935 g/mol. The number of hydrogen-bond acceptors (Lipinski definition) is 8. The van der Waals surface area contributed by atoms with Gasteiger partial charge in [-0.25, -0.2) is 0 Å². The van der Waals surface area contributed by atoms with E-state index in [0.29, 0.717) is 6.42 Å². The molecule has 1 fully saturated rings. The molecule has 0 aliphatic carbocycles. The van der Waals surface area contributed by atoms with E-state index in [9.17, 15) is 30.3 Å². The molecule has 0 saturated carbocycles. The van der Waals surface area contributed by atoms with Crippen LogP contribution in [-0.4, -0.2) is 87.5 Å². The standard InChI is InChI=1S/C66H117NO8/c1-3-5-7-9-11-13-15-17-19-21-22-23-24-25-26-27-28-29-30-31-32-33-34-35-36-37-38-40-42-44-46-48-50-52-54-56-62(70)67-59(58-74-66-65(73)64(72)63(71)61(57-68)75-66)60(69)55-53-51-49-47-45-43-41-39-20-18-16-14-12-10-8-6-4-2/h5,7,11,13,17,19-20,22-23,39,45,47,53,55,59-61,63-66,68-69,71-73H,3-4,6,8-10,12,14-16,18,21,24-38,40-44,46,48-52,54,56-58H2,1-2H3,(H,67,70)/b7-5-,13-11-,19-17-,23-22-,39-20+,47-45+,55-53+. The summed E-state index contributed by atoms with van der Waals surface area (Å²) in [6.07, 6.45) is 71.0. The van der Waals surface area contributed by atoms with Crippen molar-refractivity contribution in [2.75, 3.05) is 13.2 Å². The van der Waals surface area contributed by atoms with Crippen LogP contribution in [0.1, 0.15) is 271 Å². The molecule has 1 saturated heterocycles. The second kappa shape index (κ2) is 54.7. The van der Waals surface area contributed by atoms with Crippen LogP contribution >= 0.6 is 0 Å². The lowest BCUT2D eigenvalue weighted by Gasteiger charge is -2.40. The van der Waals surface area contributed by atoms with Crippen LogP contribution in [0.4, 0.5) is 0 Å². The third kappa shape index (κ3) is 44.0. The molecule has 0 aromatic heterocycles. The van der Waals surface area contributed by atoms with Gasteiger partial charge in [0.15, 0.2) is 6.29 Å². The van der Waals surface area contributed by atoms with Crippen molar-refractivity contribution in [3.05, 3.63) is 85.1 Å². The van der Waals surface area contributed by atoms with Gasteiger partial charge in [0, 0.05) is 6.42 Å². The molecule has 1 rings (SSSR count). The molecule has 7 unspecified atom stereocenters. The number of amides is 1. The Labute approximate surface area is 461 Å². The van der Waals surface area contributed by atoms with Crippen molar-refractivity contribution in [3.63, 3.8) is 0 Å². The SMILES string of the molecule is CC/C=C\C/C=C\C/C=C\C/C=C\CCCCCCCCCCCCCCCCCCCCCCCCC(=O)NC(COC1OC(CO)C(O)C(O)C1O)C(O)/C=C/CC/C=C/CC/C=C/CCCCCCCCC. The summed E-state index contributed by atoms with van der Waals surface area (Å²) in [6, 6.07) is -0.830. The average Bonchev–Trinajstić information content (AvgIpc) is 3.41. The van der Waals surface area contributed by atoms with Gasteiger partial charge < -0.3 is 40.3 Å². The molecule has 0 radical (unpaired) electrons. The summed E-state index contributed by atoms with van der Waals surface area (Å²) < 4.78 is 11.3. The number of allylic oxidation sites excluding steroid dienone is 13. The number of rotatable bonds is 53. The van der Waals surface area contributed by atoms with Gasteiger partial charge in [-0.3, -0.25) is 4.79 Å². The lowest BCUT2D eigenvalue weighted by molar-refractivity contribution is -0.302. The minimum Gasteiger partial charge on any atom is -0.394 e. The molecule has 7 atom stereocenters. The van der Waals surface area contributed by atoms with Crippen LogP contribution in [0.2, 0.25) is 0 Å². The topological polar surface area (TPSA) is 149 Å². The summed E-state index contributed by atoms with van der Waals surface area (Å²) in [5.74, 6) is -0.189. The second-order valence-electron chi connectivity index (χ2n) is 21.4. The fourth-order valence-corrected chi connectivity index (χ4v) is 9.53. The minimum absolute atomic E-state index is 0.189. The predicted molar refractivity (Wildman–Crippen MR) is 318 cm³/mol. The highest BCUT2D eigenvalue weighted by Crippen LogP contribution is 2.23. The van der Waals surface area contributed by atoms with Crippen LogP contribution in [0.3, 0.4) is 0 Å². The molecule has 1 aliphatic heterocycles. The first-order valence-electron chi connectivity index (χ1n) is 31.3. The van der Waals surface area contributed by atoms with Crippen molar-refractivity contribution in [2.45, 2.75) is 314 Å². The first kappa shape index (κ1) is 70.4. The minimum atomic E-state index is -1.58. The monoisotopic (exact) mass is 1050 g/mol. The molecule has 1 heterocycles. The van der Waals surface area contributed by atoms with E-state index in [-0.39, 0.29) is 12.5 Å². The van der Waals surface area contributed by atoms with E-state index in [1.54, 1.807) is 6.08 Å². The highest BCUT2D eigenvalue weighted by atomic mass is 16.7. The number of unbranched alkanes of at least 4 members (excludes halogenated alkanes) is 31. The molecule has 1 aliphatic rings. The van der Waals surface area contributed by atoms with Gasteiger partial charge in [0.05, 0.1) is 25.4 Å². The van der Waals surface area contributed by atoms with Gasteiger partial charge in [-0.15, -0.1) is 0 Å². The Kier molecular flexibility index (Phi) is 51.3. The van der Waals surface area contributed by atoms with E-state index in [2.05, 4.69) is 92.1 Å². The Bertz CT molecular complexity index is 1450. The van der Waals surface area contributed by atoms with Crippen LogP contribution in [0.5, 0.6) is 0 Å². The zero-order valence-electron chi connectivity index (χ0n) is 48.3. The number of carbonyl (C=O) groups is 1. The third-order valence-corrected chi connectivity index (χ3v) is 14.4. The van der Waals surface area contributed by atoms with E-state index < -0.39 is 49.5 Å². The van der Waals surface area contributed by atoms with Crippen LogP contribution in [0, 0.1) is 0 Å². The van der Waals surface area contributed by atoms with Gasteiger partial charge in [-0.2, -0.15) is 0 Å². The molecule has 9 heteroatoms. The highest BCUT2D eigenvalue weighted by molar-refractivity contribution is 5.76. The predicted octanol–water partition coefficient (Wildman–Crippen LogP) is 16.2. The largest absolute Gasteiger partial charge is 0.394 e. The van der Waals surface area contributed by atoms with Crippen LogP contribution in [0.25, 0.3) is 0 Å². The molecule has 434 valence electrons. The van der Waals surface area contributed by atoms with Crippen molar-refractivity contribution >= 4 is 5.91 Å². The summed E-state index contributed by atoms with van der Waals surface area (Å²) in [4.78, 5) is 13.1. The lowest BCUT2D eigenvalue weighted by Crippen LogP contribution is -2.60. The maximum Gasteiger partial charge on any atom is 0.220 e. The average molecular weight is 1050 g/mol. The van der Waals surface area contributed by atoms with Gasteiger partial charge in [0.1, 0.15) is 24.4 Å². The number of carbonyl (C=O) groups excluding carboxylic acids is 1. The Morgan fingerprint density at radius 1 is 0.467 bits per heavy atom. The normalized spacial score (nSPS) is 19.5. The summed E-state index contributed by atoms with van der Waals surface area (Å²) in [5.41, 5.74) is 0. The van der Waals surface area contributed by atoms with Gasteiger partial charge in [0.2, 0.25) is 5.91 Å². The van der Waals surface area contributed by atoms with E-state index >= 15 is 0 Å². The number of ether oxygens (including phenoxy) is 2. The number of aliphatic hydroxyl groups excluding tert-OH is 5. The quantitative estimate of drug-likeness (QED) is 0.0261. The number of nitrogens with one attached hydrogen (secondary N) is 1. The maximum absolute atomic E-state index is 13.1. The van der Waals surface area contributed by atoms with Crippen LogP contribution in [0.15, 0.2) is 85.1 Å². The van der Waals surface area contributed by atoms with Gasteiger partial charge >= 0.3 is 0 Å². The van der Waals surface area contributed by atoms with E-state index in [4.69, 9.17) is 9.47 Å². The Morgan fingerprint density at radius 3 is 1.28 bits per heavy atom. The molecule has 0 aromatic carbocycles. The third-order valence-electron chi connectivity index (χ3n) is 14.4. The zero-order valence-corrected chi connectivity index (χ0v) is 48.3. The van der Waals surface area contributed by atoms with Gasteiger partial charge in [-0.1, -0.05) is 266 Å². The maximum atomic E-state index is 13.1. The van der Waals surface area contributed by atoms with Crippen molar-refractivity contribution in [1.29, 1.82) is 0 Å². The summed E-state index contributed by atoms with van der Waals surface area (Å²) in [7, 11) is 0. The highest BCUT2D eigenvalue weighted by Gasteiger charge is 2.44. The van der Waals surface area contributed by atoms with Crippen molar-refractivity contribution in [1.82, 2.24) is 5.32 Å². The molecule has 0 aromatic rings. The number of aliphatic hydroxyl groups is 5. The van der Waals surface area contributed by atoms with Crippen LogP contribution < -0.4 is 5.32 Å². The molecular formula is C66H117NO8. The van der Waals surface area contributed by atoms with E-state index in [1.807, 2.05) is 6.08 Å². The molecule has 6 N–H and O–H groups in total. The molecule has 75 heavy (non-hydrogen) atoms. The molecule has 0 spiro atoms. The first-order valence-corrected chi connectivity index (χ1v) is 31.3. The Balaban J connectivity index is 2.13. The summed E-state index contributed by atoms with van der Waals surface area (Å²) in [6.45, 7) is 3.65. The fourth-order valence-electron chi connectivity index (χ4n) is 9.53. The van der Waals surface area contributed by atoms with Crippen LogP contribution in [-0.2, 0) is 14.3 Å². The van der Waals surface area contributed by atoms with Crippen molar-refractivity contribution < 1.29 is 39.8 Å². The Morgan fingerprint density at radius 2 is 0.840 bits per heavy atom. The molecule has 0 bridgehead atoms. The van der Waals surface area contributed by atoms with Crippen molar-refractivity contribution in [3.8, 4) is 0 Å². The lowest BCUT2D eigenvalue weighted by atomic mass is 9.99. The van der Waals surface area contributed by atoms with E-state index in [0.717, 1.165) is 77.0 Å². The molecule has 9 nitrogen and oxygen atoms in total. The summed E-state index contributed by atoms with van der Waals surface area (Å²) in [5, 5.41) is 54.5. The van der Waals surface area contributed by atoms with Crippen molar-refractivity contribution in [2.24, 2.45) is 0 Å². The smallest absolute Gasteiger partial charge is 0.220 e. The Hall–Kier alpha value is -2.63. The first-order chi connectivity index (χ1) is 36.8. The second-order valence-corrected chi connectivity index (χ2v) is 21.4. The summed E-state index contributed by atoms with van der Waals surface area (Å²) >= 11 is 0. The number of hydrogen-bond donors (Lipinski definition) is 6. The van der Waals surface area contributed by atoms with E-state index in [1.165, 1.54) is 173 Å². The molecule has 1 amide bonds. The van der Waals surface area contributed by atoms with Gasteiger partial charge in [0.25, 0.3) is 0 Å². The fraction of sp³-hybridized carbons (Fsp3) is 0.773.